The van der Waals surface area contributed by atoms with Gasteiger partial charge in [0.15, 0.2) is 0 Å². The molecule has 112 valence electrons. The van der Waals surface area contributed by atoms with Crippen LogP contribution >= 0.6 is 0 Å². The number of aliphatic hydroxyl groups is 1. The minimum atomic E-state index is -0.638. The monoisotopic (exact) mass is 286 g/mol. The lowest BCUT2D eigenvalue weighted by Gasteiger charge is -2.19. The first-order valence-electron chi connectivity index (χ1n) is 7.61. The number of aryl methyl sites for hydroxylation is 1. The Hall–Kier alpha value is -1.81. The first-order valence-corrected chi connectivity index (χ1v) is 7.61. The predicted molar refractivity (Wildman–Crippen MR) is 84.4 cm³/mol. The van der Waals surface area contributed by atoms with Crippen LogP contribution in [0.1, 0.15) is 50.0 Å². The van der Waals surface area contributed by atoms with Crippen LogP contribution in [0.4, 0.5) is 5.69 Å². The molecule has 1 heterocycles. The van der Waals surface area contributed by atoms with Crippen molar-refractivity contribution < 1.29 is 9.84 Å². The van der Waals surface area contributed by atoms with Crippen molar-refractivity contribution in [3.8, 4) is 5.75 Å². The molecule has 3 N–H and O–H groups in total. The third kappa shape index (κ3) is 2.56. The molecule has 1 fully saturated rings. The topological polar surface area (TPSA) is 68.4 Å². The molecule has 0 amide bonds. The van der Waals surface area contributed by atoms with Crippen molar-refractivity contribution in [2.24, 2.45) is 0 Å². The number of hydrogen-bond donors (Lipinski definition) is 2. The second-order valence-corrected chi connectivity index (χ2v) is 5.88. The van der Waals surface area contributed by atoms with Crippen LogP contribution in [0.5, 0.6) is 5.75 Å². The SMILES string of the molecule is Cc1nc2cccc(OC3CCCC3)c2c(N)c1C(C)O. The van der Waals surface area contributed by atoms with Gasteiger partial charge in [0.25, 0.3) is 0 Å². The van der Waals surface area contributed by atoms with Crippen LogP contribution in [0.2, 0.25) is 0 Å². The quantitative estimate of drug-likeness (QED) is 0.906. The number of nitrogens with two attached hydrogens (primary N) is 1. The Morgan fingerprint density at radius 1 is 1.33 bits per heavy atom. The van der Waals surface area contributed by atoms with Crippen LogP contribution in [0.25, 0.3) is 10.9 Å². The Morgan fingerprint density at radius 2 is 2.05 bits per heavy atom. The fraction of sp³-hybridized carbons (Fsp3) is 0.471. The second-order valence-electron chi connectivity index (χ2n) is 5.88. The lowest BCUT2D eigenvalue weighted by atomic mass is 10.0. The van der Waals surface area contributed by atoms with Gasteiger partial charge in [0.2, 0.25) is 0 Å². The van der Waals surface area contributed by atoms with E-state index in [0.29, 0.717) is 11.3 Å². The van der Waals surface area contributed by atoms with Gasteiger partial charge in [0.05, 0.1) is 28.8 Å². The number of ether oxygens (including phenoxy) is 1. The summed E-state index contributed by atoms with van der Waals surface area (Å²) >= 11 is 0. The molecule has 1 aromatic carbocycles. The summed E-state index contributed by atoms with van der Waals surface area (Å²) in [6.45, 7) is 3.59. The molecule has 1 aromatic heterocycles. The van der Waals surface area contributed by atoms with Gasteiger partial charge in [0.1, 0.15) is 5.75 Å². The summed E-state index contributed by atoms with van der Waals surface area (Å²) in [7, 11) is 0. The highest BCUT2D eigenvalue weighted by molar-refractivity contribution is 5.97. The number of nitrogen functional groups attached to an aromatic ring is 1. The lowest BCUT2D eigenvalue weighted by Crippen LogP contribution is -2.12. The fourth-order valence-corrected chi connectivity index (χ4v) is 3.27. The van der Waals surface area contributed by atoms with Crippen LogP contribution in [0.15, 0.2) is 18.2 Å². The summed E-state index contributed by atoms with van der Waals surface area (Å²) in [6, 6.07) is 5.83. The van der Waals surface area contributed by atoms with E-state index in [1.54, 1.807) is 6.92 Å². The van der Waals surface area contributed by atoms with E-state index < -0.39 is 6.10 Å². The second kappa shape index (κ2) is 5.53. The normalized spacial score (nSPS) is 17.3. The first kappa shape index (κ1) is 14.1. The molecule has 1 unspecified atom stereocenters. The minimum Gasteiger partial charge on any atom is -0.490 e. The van der Waals surface area contributed by atoms with E-state index >= 15 is 0 Å². The standard InChI is InChI=1S/C17H22N2O2/c1-10-15(11(2)20)17(18)16-13(19-10)8-5-9-14(16)21-12-6-3-4-7-12/h5,8-9,11-12,20H,3-4,6-7H2,1-2H3,(H2,18,19). The largest absolute Gasteiger partial charge is 0.490 e. The van der Waals surface area contributed by atoms with Crippen molar-refractivity contribution in [1.29, 1.82) is 0 Å². The van der Waals surface area contributed by atoms with E-state index in [2.05, 4.69) is 4.98 Å². The summed E-state index contributed by atoms with van der Waals surface area (Å²) in [5.74, 6) is 0.784. The van der Waals surface area contributed by atoms with E-state index in [1.165, 1.54) is 12.8 Å². The molecule has 2 aromatic rings. The molecule has 1 atom stereocenters. The lowest BCUT2D eigenvalue weighted by molar-refractivity contribution is 0.199. The predicted octanol–water partition coefficient (Wildman–Crippen LogP) is 3.50. The van der Waals surface area contributed by atoms with Gasteiger partial charge in [-0.25, -0.2) is 0 Å². The van der Waals surface area contributed by atoms with Gasteiger partial charge in [-0.15, -0.1) is 0 Å². The molecule has 0 radical (unpaired) electrons. The molecule has 1 aliphatic rings. The Labute approximate surface area is 124 Å². The van der Waals surface area contributed by atoms with E-state index in [4.69, 9.17) is 10.5 Å². The van der Waals surface area contributed by atoms with Crippen molar-refractivity contribution in [2.45, 2.75) is 51.7 Å². The molecule has 0 spiro atoms. The molecule has 0 saturated heterocycles. The van der Waals surface area contributed by atoms with Gasteiger partial charge in [-0.3, -0.25) is 4.98 Å². The molecule has 4 nitrogen and oxygen atoms in total. The maximum Gasteiger partial charge on any atom is 0.131 e. The van der Waals surface area contributed by atoms with E-state index in [0.717, 1.165) is 35.2 Å². The van der Waals surface area contributed by atoms with Crippen molar-refractivity contribution in [2.75, 3.05) is 5.73 Å². The number of fused-ring (bicyclic) bond motifs is 1. The summed E-state index contributed by atoms with van der Waals surface area (Å²) < 4.78 is 6.14. The van der Waals surface area contributed by atoms with Gasteiger partial charge < -0.3 is 15.6 Å². The highest BCUT2D eigenvalue weighted by Gasteiger charge is 2.21. The first-order chi connectivity index (χ1) is 10.1. The zero-order chi connectivity index (χ0) is 15.0. The van der Waals surface area contributed by atoms with E-state index in [1.807, 2.05) is 25.1 Å². The zero-order valence-corrected chi connectivity index (χ0v) is 12.6. The number of aliphatic hydroxyl groups excluding tert-OH is 1. The molecular formula is C17H22N2O2. The van der Waals surface area contributed by atoms with Gasteiger partial charge in [-0.05, 0) is 51.7 Å². The van der Waals surface area contributed by atoms with Crippen LogP contribution in [0, 0.1) is 6.92 Å². The number of hydrogen-bond acceptors (Lipinski definition) is 4. The zero-order valence-electron chi connectivity index (χ0n) is 12.6. The van der Waals surface area contributed by atoms with Gasteiger partial charge in [-0.1, -0.05) is 6.07 Å². The number of pyridine rings is 1. The Bertz CT molecular complexity index is 661. The Balaban J connectivity index is 2.14. The molecule has 3 rings (SSSR count). The third-order valence-electron chi connectivity index (χ3n) is 4.26. The van der Waals surface area contributed by atoms with Crippen LogP contribution in [-0.4, -0.2) is 16.2 Å². The molecule has 21 heavy (non-hydrogen) atoms. The molecular weight excluding hydrogens is 264 g/mol. The minimum absolute atomic E-state index is 0.270. The summed E-state index contributed by atoms with van der Waals surface area (Å²) in [5, 5.41) is 10.8. The van der Waals surface area contributed by atoms with Gasteiger partial charge in [0, 0.05) is 11.3 Å². The van der Waals surface area contributed by atoms with Gasteiger partial charge >= 0.3 is 0 Å². The molecule has 1 aliphatic carbocycles. The van der Waals surface area contributed by atoms with Gasteiger partial charge in [-0.2, -0.15) is 0 Å². The number of aromatic nitrogens is 1. The van der Waals surface area contributed by atoms with Crippen LogP contribution in [-0.2, 0) is 0 Å². The maximum absolute atomic E-state index is 9.96. The highest BCUT2D eigenvalue weighted by Crippen LogP contribution is 2.37. The molecule has 1 saturated carbocycles. The summed E-state index contributed by atoms with van der Waals surface area (Å²) in [4.78, 5) is 4.57. The third-order valence-corrected chi connectivity index (χ3v) is 4.26. The smallest absolute Gasteiger partial charge is 0.131 e. The average Bonchev–Trinajstić information content (AvgIpc) is 2.90. The molecule has 0 bridgehead atoms. The van der Waals surface area contributed by atoms with Crippen molar-refractivity contribution in [3.63, 3.8) is 0 Å². The van der Waals surface area contributed by atoms with Crippen LogP contribution < -0.4 is 10.5 Å². The number of nitrogens with zero attached hydrogens (tertiary/aromatic N) is 1. The molecule has 4 heteroatoms. The number of rotatable bonds is 3. The van der Waals surface area contributed by atoms with Crippen molar-refractivity contribution in [1.82, 2.24) is 4.98 Å². The van der Waals surface area contributed by atoms with E-state index in [9.17, 15) is 5.11 Å². The Kier molecular flexibility index (Phi) is 3.72. The summed E-state index contributed by atoms with van der Waals surface area (Å²) in [6.07, 6.45) is 4.27. The number of benzene rings is 1. The molecule has 0 aliphatic heterocycles. The highest BCUT2D eigenvalue weighted by atomic mass is 16.5. The fourth-order valence-electron chi connectivity index (χ4n) is 3.27. The van der Waals surface area contributed by atoms with Crippen LogP contribution in [0.3, 0.4) is 0 Å². The van der Waals surface area contributed by atoms with E-state index in [-0.39, 0.29) is 6.10 Å². The number of anilines is 1. The Morgan fingerprint density at radius 3 is 2.71 bits per heavy atom. The van der Waals surface area contributed by atoms with Crippen molar-refractivity contribution >= 4 is 16.6 Å². The average molecular weight is 286 g/mol. The summed E-state index contributed by atoms with van der Waals surface area (Å²) in [5.41, 5.74) is 9.19. The van der Waals surface area contributed by atoms with Crippen molar-refractivity contribution in [3.05, 3.63) is 29.5 Å². The maximum atomic E-state index is 9.96.